The monoisotopic (exact) mass is 932 g/mol. The molecule has 1 N–H and O–H groups in total. The van der Waals surface area contributed by atoms with E-state index in [0.29, 0.717) is 18.5 Å². The zero-order valence-corrected chi connectivity index (χ0v) is 44.3. The van der Waals surface area contributed by atoms with Crippen molar-refractivity contribution >= 4 is 52.9 Å². The Morgan fingerprint density at radius 3 is 2.15 bits per heavy atom. The van der Waals surface area contributed by atoms with Crippen molar-refractivity contribution in [2.24, 2.45) is 9.98 Å². The van der Waals surface area contributed by atoms with Gasteiger partial charge in [-0.15, -0.1) is 0 Å². The number of hydrogen-bond acceptors (Lipinski definition) is 9. The second-order valence-corrected chi connectivity index (χ2v) is 16.8. The molecule has 0 bridgehead atoms. The molecular weight excluding hydrogens is 847 g/mol. The first-order valence-corrected chi connectivity index (χ1v) is 25.3. The van der Waals surface area contributed by atoms with Gasteiger partial charge in [-0.3, -0.25) is 34.5 Å². The molecule has 3 aromatic carbocycles. The molecule has 0 aromatic heterocycles. The van der Waals surface area contributed by atoms with Gasteiger partial charge in [-0.05, 0) is 89.4 Å². The molecule has 6 rings (SSSR count). The van der Waals surface area contributed by atoms with E-state index in [1.54, 1.807) is 19.2 Å². The van der Waals surface area contributed by atoms with Gasteiger partial charge in [0.05, 0.1) is 22.6 Å². The van der Waals surface area contributed by atoms with E-state index in [1.807, 2.05) is 72.8 Å². The summed E-state index contributed by atoms with van der Waals surface area (Å²) in [6.07, 6.45) is 13.5. The summed E-state index contributed by atoms with van der Waals surface area (Å²) in [5, 5.41) is 2.29. The average Bonchev–Trinajstić information content (AvgIpc) is 4.17. The maximum Gasteiger partial charge on any atom is 0.257 e. The molecule has 3 aliphatic rings. The highest BCUT2D eigenvalue weighted by atomic mass is 16.2. The fraction of sp³-hybridized carbons (Fsp3) is 0.509. The Bertz CT molecular complexity index is 2190. The summed E-state index contributed by atoms with van der Waals surface area (Å²) < 4.78 is 0. The number of fused-ring (bicyclic) bond motifs is 1. The predicted molar refractivity (Wildman–Crippen MR) is 289 cm³/mol. The minimum absolute atomic E-state index is 0.149. The molecule has 1 saturated carbocycles. The lowest BCUT2D eigenvalue weighted by atomic mass is 9.95. The van der Waals surface area contributed by atoms with E-state index < -0.39 is 17.9 Å². The molecule has 1 saturated heterocycles. The lowest BCUT2D eigenvalue weighted by Crippen LogP contribution is -2.53. The van der Waals surface area contributed by atoms with E-state index in [0.717, 1.165) is 60.6 Å². The number of carbonyl (C=O) groups is 4. The van der Waals surface area contributed by atoms with Crippen LogP contribution in [0.5, 0.6) is 0 Å². The Morgan fingerprint density at radius 2 is 1.57 bits per heavy atom. The molecule has 3 aromatic rings. The van der Waals surface area contributed by atoms with Crippen LogP contribution < -0.4 is 15.1 Å². The first kappa shape index (κ1) is 58.4. The van der Waals surface area contributed by atoms with Gasteiger partial charge in [-0.25, -0.2) is 0 Å². The van der Waals surface area contributed by atoms with Crippen molar-refractivity contribution in [3.8, 4) is 0 Å². The van der Waals surface area contributed by atoms with Crippen molar-refractivity contribution in [3.63, 3.8) is 0 Å². The smallest absolute Gasteiger partial charge is 0.257 e. The van der Waals surface area contributed by atoms with Crippen molar-refractivity contribution in [2.45, 2.75) is 139 Å². The van der Waals surface area contributed by atoms with E-state index in [2.05, 4.69) is 110 Å². The highest BCUT2D eigenvalue weighted by Gasteiger charge is 2.49. The fourth-order valence-electron chi connectivity index (χ4n) is 8.26. The maximum atomic E-state index is 13.4. The minimum atomic E-state index is -0.744. The van der Waals surface area contributed by atoms with Crippen LogP contribution >= 0.6 is 0 Å². The van der Waals surface area contributed by atoms with Crippen LogP contribution in [0.4, 0.5) is 11.4 Å². The lowest BCUT2D eigenvalue weighted by Gasteiger charge is -2.32. The molecule has 2 fully saturated rings. The SMILES string of the molecule is C=C1N(CC)c2ccc(/C(C=NC)=C/C)cc2C(c2ccc(C)cc2)=NC12CC2.CC.CC.CC.CCCCCCCN(C)CCN(C)c1cccc(C=O)c1C(=O)N(C)C1CCC(=O)NC1=O. The summed E-state index contributed by atoms with van der Waals surface area (Å²) in [6.45, 7) is 28.5. The van der Waals surface area contributed by atoms with E-state index in [4.69, 9.17) is 4.99 Å². The van der Waals surface area contributed by atoms with Gasteiger partial charge in [-0.1, -0.05) is 135 Å². The maximum absolute atomic E-state index is 13.4. The Kier molecular flexibility index (Phi) is 25.7. The van der Waals surface area contributed by atoms with Crippen LogP contribution in [0.2, 0.25) is 0 Å². The Labute approximate surface area is 410 Å². The van der Waals surface area contributed by atoms with Gasteiger partial charge in [0.15, 0.2) is 6.29 Å². The number of aryl methyl sites for hydroxylation is 1. The molecule has 11 nitrogen and oxygen atoms in total. The number of likely N-dealkylation sites (N-methyl/N-ethyl adjacent to an activating group) is 4. The van der Waals surface area contributed by atoms with Crippen LogP contribution in [-0.4, -0.2) is 112 Å². The summed E-state index contributed by atoms with van der Waals surface area (Å²) >= 11 is 0. The number of piperidine rings is 1. The molecule has 11 heteroatoms. The predicted octanol–water partition coefficient (Wildman–Crippen LogP) is 11.6. The van der Waals surface area contributed by atoms with Crippen molar-refractivity contribution in [2.75, 3.05) is 64.2 Å². The molecule has 1 aliphatic carbocycles. The summed E-state index contributed by atoms with van der Waals surface area (Å²) in [7, 11) is 7.35. The zero-order valence-electron chi connectivity index (χ0n) is 44.3. The summed E-state index contributed by atoms with van der Waals surface area (Å²) in [6, 6.07) is 19.8. The summed E-state index contributed by atoms with van der Waals surface area (Å²) in [4.78, 5) is 66.4. The molecular formula is C57H85N7O4. The molecule has 1 unspecified atom stereocenters. The van der Waals surface area contributed by atoms with Crippen LogP contribution in [-0.2, 0) is 9.59 Å². The van der Waals surface area contributed by atoms with Crippen molar-refractivity contribution in [1.82, 2.24) is 15.1 Å². The number of anilines is 2. The minimum Gasteiger partial charge on any atom is -0.373 e. The van der Waals surface area contributed by atoms with Crippen LogP contribution in [0.3, 0.4) is 0 Å². The molecule has 372 valence electrons. The Balaban J connectivity index is 0.000000423. The first-order valence-electron chi connectivity index (χ1n) is 25.3. The highest BCUT2D eigenvalue weighted by Crippen LogP contribution is 2.51. The van der Waals surface area contributed by atoms with Gasteiger partial charge in [0.1, 0.15) is 11.6 Å². The highest BCUT2D eigenvalue weighted by molar-refractivity contribution is 6.18. The van der Waals surface area contributed by atoms with Crippen LogP contribution in [0.1, 0.15) is 163 Å². The number of rotatable bonds is 17. The number of aliphatic imine (C=N–C) groups is 2. The standard InChI is InChI=1S/C26H29N3.C25H38N4O4.3C2H6/c1-6-20(17-27-5)22-12-13-24-23(16-22)25(21-10-8-18(3)9-11-21)28-26(14-15-26)19(4)29(24)7-2;1-5-6-7-8-9-15-27(2)16-17-28(3)20-12-10-11-19(18-30)23(20)25(33)29(4)21-13-14-22(31)26-24(21)32;3*1-2/h6,8-13,16-17H,4,7,14-15H2,1-3,5H3;10-12,18,21H,5-9,13-17H2,1-4H3,(H,26,31,32);3*1-2H3/b20-6+,27-17?;;;;. The van der Waals surface area contributed by atoms with E-state index in [9.17, 15) is 19.2 Å². The van der Waals surface area contributed by atoms with Gasteiger partial charge in [0.25, 0.3) is 5.91 Å². The van der Waals surface area contributed by atoms with Gasteiger partial charge in [-0.2, -0.15) is 0 Å². The van der Waals surface area contributed by atoms with E-state index in [1.165, 1.54) is 53.8 Å². The number of amides is 3. The van der Waals surface area contributed by atoms with Crippen LogP contribution in [0.25, 0.3) is 5.57 Å². The third-order valence-corrected chi connectivity index (χ3v) is 12.3. The normalized spacial score (nSPS) is 15.7. The number of nitrogens with zero attached hydrogens (tertiary/aromatic N) is 6. The Morgan fingerprint density at radius 1 is 0.912 bits per heavy atom. The molecule has 0 radical (unpaired) electrons. The molecule has 2 heterocycles. The Hall–Kier alpha value is -5.68. The number of unbranched alkanes of at least 4 members (excludes halogenated alkanes) is 4. The van der Waals surface area contributed by atoms with Crippen molar-refractivity contribution in [3.05, 3.63) is 112 Å². The number of imide groups is 1. The van der Waals surface area contributed by atoms with E-state index >= 15 is 0 Å². The van der Waals surface area contributed by atoms with Gasteiger partial charge in [0, 0.05) is 75.8 Å². The zero-order chi connectivity index (χ0) is 51.0. The lowest BCUT2D eigenvalue weighted by molar-refractivity contribution is -0.136. The van der Waals surface area contributed by atoms with E-state index in [-0.39, 0.29) is 35.4 Å². The van der Waals surface area contributed by atoms with Gasteiger partial charge in [0.2, 0.25) is 11.8 Å². The summed E-state index contributed by atoms with van der Waals surface area (Å²) in [5.74, 6) is -1.22. The number of aldehydes is 1. The molecule has 2 aliphatic heterocycles. The molecule has 1 spiro atoms. The second-order valence-electron chi connectivity index (χ2n) is 16.8. The molecule has 1 atom stereocenters. The van der Waals surface area contributed by atoms with Gasteiger partial charge >= 0.3 is 0 Å². The molecule has 68 heavy (non-hydrogen) atoms. The van der Waals surface area contributed by atoms with Crippen molar-refractivity contribution in [1.29, 1.82) is 0 Å². The number of allylic oxidation sites excluding steroid dienone is 2. The second kappa shape index (κ2) is 29.9. The number of hydrogen-bond donors (Lipinski definition) is 1. The first-order chi connectivity index (χ1) is 32.8. The largest absolute Gasteiger partial charge is 0.373 e. The quantitative estimate of drug-likeness (QED) is 0.0620. The number of carbonyl (C=O) groups excluding carboxylic acids is 4. The third-order valence-electron chi connectivity index (χ3n) is 12.3. The van der Waals surface area contributed by atoms with Crippen LogP contribution in [0, 0.1) is 6.92 Å². The van der Waals surface area contributed by atoms with Gasteiger partial charge < -0.3 is 19.6 Å². The van der Waals surface area contributed by atoms with Crippen LogP contribution in [0.15, 0.2) is 89.0 Å². The third kappa shape index (κ3) is 15.4. The average molecular weight is 932 g/mol. The molecule has 3 amide bonds. The summed E-state index contributed by atoms with van der Waals surface area (Å²) in [5.41, 5.74) is 10.3. The fourth-order valence-corrected chi connectivity index (χ4v) is 8.26. The van der Waals surface area contributed by atoms with Crippen molar-refractivity contribution < 1.29 is 19.2 Å². The number of nitrogens with one attached hydrogen (secondary N) is 1. The topological polar surface area (TPSA) is 118 Å². The number of benzene rings is 3.